The Morgan fingerprint density at radius 3 is 2.03 bits per heavy atom. The third-order valence-corrected chi connectivity index (χ3v) is 12.4. The Morgan fingerprint density at radius 2 is 1.49 bits per heavy atom. The third-order valence-electron chi connectivity index (χ3n) is 9.97. The zero-order chi connectivity index (χ0) is 44.7. The maximum atomic E-state index is 14.3. The Hall–Kier alpha value is -6.42. The molecule has 2 amide bonds. The number of hydrogen-bond acceptors (Lipinski definition) is 13. The summed E-state index contributed by atoms with van der Waals surface area (Å²) in [5.74, 6) is -2.53. The highest BCUT2D eigenvalue weighted by Crippen LogP contribution is 2.42. The molecule has 0 bridgehead atoms. The molecule has 5 aromatic rings. The molecule has 1 fully saturated rings. The maximum Gasteiger partial charge on any atom is 0.376 e. The molecule has 0 saturated carbocycles. The highest BCUT2D eigenvalue weighted by Gasteiger charge is 2.54. The topological polar surface area (TPSA) is 158 Å². The van der Waals surface area contributed by atoms with Crippen LogP contribution in [0.5, 0.6) is 5.75 Å². The van der Waals surface area contributed by atoms with Gasteiger partial charge in [-0.25, -0.2) is 14.6 Å². The molecule has 7 rings (SSSR count). The van der Waals surface area contributed by atoms with Gasteiger partial charge in [-0.1, -0.05) is 108 Å². The highest BCUT2D eigenvalue weighted by atomic mass is 35.5. The average molecular weight is 906 g/mol. The number of amides is 2. The van der Waals surface area contributed by atoms with E-state index in [2.05, 4.69) is 22.4 Å². The fourth-order valence-corrected chi connectivity index (χ4v) is 9.41. The van der Waals surface area contributed by atoms with E-state index < -0.39 is 52.1 Å². The van der Waals surface area contributed by atoms with Gasteiger partial charge in [-0.05, 0) is 67.3 Å². The summed E-state index contributed by atoms with van der Waals surface area (Å²) >= 11 is 8.82. The van der Waals surface area contributed by atoms with Crippen molar-refractivity contribution in [3.63, 3.8) is 0 Å². The number of carbonyl (C=O) groups is 4. The van der Waals surface area contributed by atoms with Gasteiger partial charge in [-0.2, -0.15) is 0 Å². The summed E-state index contributed by atoms with van der Waals surface area (Å²) in [6, 6.07) is 35.7. The Labute approximate surface area is 378 Å². The fourth-order valence-electron chi connectivity index (χ4n) is 6.98. The fraction of sp³-hybridized carbons (Fsp3) is 0.234. The van der Waals surface area contributed by atoms with Crippen LogP contribution in [0.4, 0.5) is 5.13 Å². The number of thiazole rings is 1. The Morgan fingerprint density at radius 1 is 0.905 bits per heavy atom. The second-order valence-electron chi connectivity index (χ2n) is 15.3. The van der Waals surface area contributed by atoms with E-state index in [4.69, 9.17) is 35.6 Å². The van der Waals surface area contributed by atoms with Gasteiger partial charge < -0.3 is 29.7 Å². The van der Waals surface area contributed by atoms with Crippen LogP contribution in [0.1, 0.15) is 48.7 Å². The molecule has 3 heterocycles. The third kappa shape index (κ3) is 9.80. The number of hydrogen-bond donors (Lipinski definition) is 2. The first kappa shape index (κ1) is 44.6. The molecule has 0 unspecified atom stereocenters. The number of rotatable bonds is 16. The van der Waals surface area contributed by atoms with Crippen molar-refractivity contribution in [2.75, 3.05) is 24.1 Å². The van der Waals surface area contributed by atoms with Crippen LogP contribution in [0.3, 0.4) is 0 Å². The Kier molecular flexibility index (Phi) is 13.7. The first-order valence-electron chi connectivity index (χ1n) is 19.7. The monoisotopic (exact) mass is 905 g/mol. The number of oxime groups is 1. The molecule has 0 aliphatic carbocycles. The molecule has 0 spiro atoms. The van der Waals surface area contributed by atoms with E-state index >= 15 is 0 Å². The van der Waals surface area contributed by atoms with E-state index in [0.29, 0.717) is 27.8 Å². The van der Waals surface area contributed by atoms with Gasteiger partial charge in [0, 0.05) is 17.0 Å². The standard InChI is InChI=1S/C47H44ClN5O8S2/c1-29(43(56)60-46(2,3)4)61-52-37(36-28-63-45(49-36)51-47(32-15-9-6-10-16-32,33-17-11-7-12-18-33)34-19-13-8-14-20-34)40(54)50-38-41(55)53-39(31(25-48)27-62-42(38)53)44(57)59-26-30-21-23-35(58-5)24-22-30/h6-24,28,38,42H,1,25-27H2,2-5H3,(H,49,51)(H,50,54)/b52-37-/t38-,42+/m1/s1. The number of fused-ring (bicyclic) bond motifs is 1. The number of methoxy groups -OCH3 is 1. The zero-order valence-electron chi connectivity index (χ0n) is 34.8. The lowest BCUT2D eigenvalue weighted by molar-refractivity contribution is -0.154. The van der Waals surface area contributed by atoms with Gasteiger partial charge in [0.25, 0.3) is 11.8 Å². The van der Waals surface area contributed by atoms with Gasteiger partial charge >= 0.3 is 11.9 Å². The summed E-state index contributed by atoms with van der Waals surface area (Å²) in [6.45, 7) is 8.66. The highest BCUT2D eigenvalue weighted by molar-refractivity contribution is 8.00. The Bertz CT molecular complexity index is 2450. The van der Waals surface area contributed by atoms with Crippen LogP contribution < -0.4 is 15.4 Å². The number of anilines is 1. The van der Waals surface area contributed by atoms with Crippen LogP contribution in [-0.4, -0.2) is 75.1 Å². The van der Waals surface area contributed by atoms with Gasteiger partial charge in [0.1, 0.15) is 46.3 Å². The molecule has 16 heteroatoms. The number of nitrogens with zero attached hydrogens (tertiary/aromatic N) is 3. The molecular weight excluding hydrogens is 862 g/mol. The predicted molar refractivity (Wildman–Crippen MR) is 243 cm³/mol. The lowest BCUT2D eigenvalue weighted by Crippen LogP contribution is -2.71. The quantitative estimate of drug-likeness (QED) is 0.0146. The van der Waals surface area contributed by atoms with Crippen molar-refractivity contribution in [2.45, 2.75) is 49.9 Å². The second-order valence-corrected chi connectivity index (χ2v) is 17.6. The molecule has 2 atom stereocenters. The smallest absolute Gasteiger partial charge is 0.376 e. The molecule has 2 N–H and O–H groups in total. The number of β-lactam (4-membered cyclic amide) rings is 1. The number of thioether (sulfide) groups is 1. The van der Waals surface area contributed by atoms with Crippen molar-refractivity contribution < 1.29 is 38.2 Å². The van der Waals surface area contributed by atoms with Crippen LogP contribution >= 0.6 is 34.7 Å². The van der Waals surface area contributed by atoms with Gasteiger partial charge in [0.05, 0.1) is 7.11 Å². The van der Waals surface area contributed by atoms with Crippen molar-refractivity contribution in [1.29, 1.82) is 0 Å². The number of nitrogens with one attached hydrogen (secondary N) is 2. The van der Waals surface area contributed by atoms with Crippen LogP contribution in [-0.2, 0) is 45.6 Å². The van der Waals surface area contributed by atoms with Crippen molar-refractivity contribution in [3.05, 3.63) is 172 Å². The number of halogens is 1. The summed E-state index contributed by atoms with van der Waals surface area (Å²) in [5.41, 5.74) is 1.98. The van der Waals surface area contributed by atoms with E-state index in [0.717, 1.165) is 16.7 Å². The van der Waals surface area contributed by atoms with E-state index in [1.165, 1.54) is 28.0 Å². The minimum Gasteiger partial charge on any atom is -0.497 e. The van der Waals surface area contributed by atoms with Crippen molar-refractivity contribution in [3.8, 4) is 5.75 Å². The van der Waals surface area contributed by atoms with E-state index in [-0.39, 0.29) is 29.6 Å². The molecule has 13 nitrogen and oxygen atoms in total. The van der Waals surface area contributed by atoms with Crippen molar-refractivity contribution in [1.82, 2.24) is 15.2 Å². The molecular formula is C47H44ClN5O8S2. The van der Waals surface area contributed by atoms with Gasteiger partial charge in [-0.3, -0.25) is 14.5 Å². The number of alkyl halides is 1. The number of benzene rings is 4. The van der Waals surface area contributed by atoms with Crippen LogP contribution in [0.2, 0.25) is 0 Å². The van der Waals surface area contributed by atoms with Crippen LogP contribution in [0.15, 0.2) is 149 Å². The lowest BCUT2D eigenvalue weighted by Gasteiger charge is -2.49. The summed E-state index contributed by atoms with van der Waals surface area (Å²) < 4.78 is 16.2. The molecule has 324 valence electrons. The molecule has 63 heavy (non-hydrogen) atoms. The molecule has 2 aliphatic heterocycles. The summed E-state index contributed by atoms with van der Waals surface area (Å²) in [7, 11) is 1.56. The lowest BCUT2D eigenvalue weighted by atomic mass is 9.77. The zero-order valence-corrected chi connectivity index (χ0v) is 37.2. The van der Waals surface area contributed by atoms with E-state index in [1.807, 2.05) is 91.0 Å². The minimum absolute atomic E-state index is 0.0104. The minimum atomic E-state index is -1.08. The van der Waals surface area contributed by atoms with Gasteiger partial charge in [-0.15, -0.1) is 34.7 Å². The predicted octanol–water partition coefficient (Wildman–Crippen LogP) is 7.77. The maximum absolute atomic E-state index is 14.3. The number of ether oxygens (including phenoxy) is 3. The molecule has 4 aromatic carbocycles. The summed E-state index contributed by atoms with van der Waals surface area (Å²) in [4.78, 5) is 66.2. The first-order chi connectivity index (χ1) is 30.3. The van der Waals surface area contributed by atoms with E-state index in [1.54, 1.807) is 57.5 Å². The second kappa shape index (κ2) is 19.3. The molecule has 0 radical (unpaired) electrons. The normalized spacial score (nSPS) is 16.3. The number of esters is 2. The molecule has 1 saturated heterocycles. The van der Waals surface area contributed by atoms with Crippen molar-refractivity contribution in [2.24, 2.45) is 5.16 Å². The first-order valence-corrected chi connectivity index (χ1v) is 22.2. The summed E-state index contributed by atoms with van der Waals surface area (Å²) in [5, 5.41) is 11.9. The van der Waals surface area contributed by atoms with Gasteiger partial charge in [0.2, 0.25) is 5.76 Å². The summed E-state index contributed by atoms with van der Waals surface area (Å²) in [6.07, 6.45) is 0. The van der Waals surface area contributed by atoms with Crippen LogP contribution in [0, 0.1) is 0 Å². The SMILES string of the molecule is C=C(O/N=C(\C(=O)N[C@@H]1C(=O)N2C(C(=O)OCc3ccc(OC)cc3)=C(CCl)CS[C@@H]12)c1csc(NC(c2ccccc2)(c2ccccc2)c2ccccc2)n1)C(=O)OC(C)(C)C. The number of carbonyl (C=O) groups excluding carboxylic acids is 4. The van der Waals surface area contributed by atoms with Crippen LogP contribution in [0.25, 0.3) is 0 Å². The van der Waals surface area contributed by atoms with E-state index in [9.17, 15) is 19.2 Å². The average Bonchev–Trinajstić information content (AvgIpc) is 3.76. The number of aromatic nitrogens is 1. The van der Waals surface area contributed by atoms with Crippen molar-refractivity contribution >= 4 is 69.3 Å². The largest absolute Gasteiger partial charge is 0.497 e. The Balaban J connectivity index is 1.17. The van der Waals surface area contributed by atoms with Gasteiger partial charge in [0.15, 0.2) is 10.8 Å². The molecule has 2 aliphatic rings. The molecule has 1 aromatic heterocycles.